The Labute approximate surface area is 157 Å². The number of hydrogen-bond donors (Lipinski definition) is 0. The van der Waals surface area contributed by atoms with Crippen LogP contribution in [0.1, 0.15) is 36.1 Å². The Kier molecular flexibility index (Phi) is 5.57. The Morgan fingerprint density at radius 3 is 2.88 bits per heavy atom. The molecule has 0 radical (unpaired) electrons. The largest absolute Gasteiger partial charge is 0.387 e. The minimum Gasteiger partial charge on any atom is -0.387 e. The first-order valence-corrected chi connectivity index (χ1v) is 8.89. The average Bonchev–Trinajstić information content (AvgIpc) is 3.11. The topological polar surface area (TPSA) is 37.2 Å². The molecule has 2 aromatic carbocycles. The molecule has 1 atom stereocenters. The summed E-state index contributed by atoms with van der Waals surface area (Å²) in [5.74, 6) is -0.284. The Bertz CT molecular complexity index is 866. The van der Waals surface area contributed by atoms with Crippen LogP contribution in [-0.4, -0.2) is 30.5 Å². The van der Waals surface area contributed by atoms with Gasteiger partial charge in [-0.25, -0.2) is 9.38 Å². The highest BCUT2D eigenvalue weighted by Crippen LogP contribution is 2.34. The third-order valence-corrected chi connectivity index (χ3v) is 4.72. The first-order chi connectivity index (χ1) is 12.5. The first-order valence-electron chi connectivity index (χ1n) is 8.51. The van der Waals surface area contributed by atoms with E-state index in [1.54, 1.807) is 24.5 Å². The van der Waals surface area contributed by atoms with Crippen LogP contribution in [0.5, 0.6) is 0 Å². The molecule has 1 aliphatic heterocycles. The van der Waals surface area contributed by atoms with Crippen molar-refractivity contribution in [1.82, 2.24) is 4.90 Å². The van der Waals surface area contributed by atoms with Crippen molar-refractivity contribution in [2.24, 2.45) is 10.1 Å². The predicted octanol–water partition coefficient (Wildman–Crippen LogP) is 5.26. The van der Waals surface area contributed by atoms with E-state index >= 15 is 0 Å². The molecule has 0 spiro atoms. The van der Waals surface area contributed by atoms with Gasteiger partial charge >= 0.3 is 0 Å². The summed E-state index contributed by atoms with van der Waals surface area (Å²) in [5, 5.41) is 4.71. The molecular weight excluding hydrogens is 353 g/mol. The smallest absolute Gasteiger partial charge is 0.161 e. The summed E-state index contributed by atoms with van der Waals surface area (Å²) in [7, 11) is 1.95. The summed E-state index contributed by atoms with van der Waals surface area (Å²) < 4.78 is 14.0. The van der Waals surface area contributed by atoms with Crippen molar-refractivity contribution >= 4 is 29.3 Å². The molecule has 2 aromatic rings. The lowest BCUT2D eigenvalue weighted by molar-refractivity contribution is 0.0830. The van der Waals surface area contributed by atoms with Crippen molar-refractivity contribution in [1.29, 1.82) is 0 Å². The highest BCUT2D eigenvalue weighted by molar-refractivity contribution is 6.33. The van der Waals surface area contributed by atoms with Crippen molar-refractivity contribution in [2.75, 3.05) is 13.6 Å². The van der Waals surface area contributed by atoms with Gasteiger partial charge in [-0.2, -0.15) is 0 Å². The zero-order chi connectivity index (χ0) is 18.7. The average molecular weight is 374 g/mol. The summed E-state index contributed by atoms with van der Waals surface area (Å²) in [6.07, 6.45) is 1.84. The number of nitrogens with zero attached hydrogens (tertiary/aromatic N) is 3. The van der Waals surface area contributed by atoms with Gasteiger partial charge in [0.05, 0.1) is 22.8 Å². The van der Waals surface area contributed by atoms with Gasteiger partial charge in [-0.05, 0) is 37.6 Å². The van der Waals surface area contributed by atoms with Gasteiger partial charge in [0.15, 0.2) is 6.10 Å². The van der Waals surface area contributed by atoms with E-state index in [9.17, 15) is 4.39 Å². The molecule has 3 rings (SSSR count). The van der Waals surface area contributed by atoms with E-state index in [0.717, 1.165) is 23.4 Å². The van der Waals surface area contributed by atoms with Crippen molar-refractivity contribution in [3.8, 4) is 0 Å². The molecule has 1 heterocycles. The molecular formula is C20H21ClFN3O. The first kappa shape index (κ1) is 18.4. The lowest BCUT2D eigenvalue weighted by Crippen LogP contribution is -2.14. The molecule has 0 saturated carbocycles. The minimum absolute atomic E-state index is 0.284. The third kappa shape index (κ3) is 3.88. The van der Waals surface area contributed by atoms with Crippen molar-refractivity contribution in [3.05, 3.63) is 63.9 Å². The van der Waals surface area contributed by atoms with Crippen molar-refractivity contribution in [2.45, 2.75) is 26.4 Å². The number of halogens is 2. The zero-order valence-electron chi connectivity index (χ0n) is 15.0. The molecule has 0 aliphatic carbocycles. The van der Waals surface area contributed by atoms with Gasteiger partial charge in [0.2, 0.25) is 0 Å². The van der Waals surface area contributed by atoms with Crippen LogP contribution in [0.2, 0.25) is 5.02 Å². The van der Waals surface area contributed by atoms with Crippen LogP contribution in [0.15, 0.2) is 46.5 Å². The van der Waals surface area contributed by atoms with Gasteiger partial charge in [0.1, 0.15) is 5.82 Å². The number of aliphatic imine (C=N–C) groups is 1. The molecule has 0 saturated heterocycles. The molecule has 0 fully saturated rings. The molecule has 0 aromatic heterocycles. The molecule has 0 bridgehead atoms. The molecule has 0 amide bonds. The number of benzene rings is 2. The van der Waals surface area contributed by atoms with Gasteiger partial charge in [-0.1, -0.05) is 35.0 Å². The van der Waals surface area contributed by atoms with E-state index in [1.165, 1.54) is 6.07 Å². The highest BCUT2D eigenvalue weighted by atomic mass is 35.5. The fraction of sp³-hybridized carbons (Fsp3) is 0.300. The summed E-state index contributed by atoms with van der Waals surface area (Å²) in [4.78, 5) is 11.9. The van der Waals surface area contributed by atoms with Crippen LogP contribution in [0, 0.1) is 12.7 Å². The van der Waals surface area contributed by atoms with Gasteiger partial charge in [0.25, 0.3) is 0 Å². The van der Waals surface area contributed by atoms with Crippen molar-refractivity contribution in [3.63, 3.8) is 0 Å². The lowest BCUT2D eigenvalue weighted by atomic mass is 9.97. The molecule has 0 N–H and O–H groups in total. The maximum absolute atomic E-state index is 14.0. The highest BCUT2D eigenvalue weighted by Gasteiger charge is 2.27. The monoisotopic (exact) mass is 373 g/mol. The fourth-order valence-electron chi connectivity index (χ4n) is 2.76. The molecule has 136 valence electrons. The Hall–Kier alpha value is -2.40. The Balaban J connectivity index is 1.81. The van der Waals surface area contributed by atoms with Gasteiger partial charge < -0.3 is 9.74 Å². The standard InChI is InChI=1S/C20H21ClFN3O/c1-4-25(3)12-23-19-9-13(2)15(10-16(19)21)18-11-20(26-24-18)14-7-5-6-8-17(14)22/h5-10,12,20H,4,11H2,1-3H3. The SMILES string of the molecule is CCN(C)C=Nc1cc(C)c(C2=NOC(c3ccccc3F)C2)cc1Cl. The van der Waals surface area contributed by atoms with E-state index in [4.69, 9.17) is 16.4 Å². The Morgan fingerprint density at radius 1 is 1.38 bits per heavy atom. The van der Waals surface area contributed by atoms with Crippen LogP contribution >= 0.6 is 11.6 Å². The molecule has 1 aliphatic rings. The van der Waals surface area contributed by atoms with E-state index in [0.29, 0.717) is 22.7 Å². The Morgan fingerprint density at radius 2 is 2.15 bits per heavy atom. The van der Waals surface area contributed by atoms with Gasteiger partial charge in [-0.3, -0.25) is 0 Å². The summed E-state index contributed by atoms with van der Waals surface area (Å²) in [6.45, 7) is 4.89. The number of aryl methyl sites for hydroxylation is 1. The predicted molar refractivity (Wildman–Crippen MR) is 104 cm³/mol. The van der Waals surface area contributed by atoms with E-state index < -0.39 is 6.10 Å². The normalized spacial score (nSPS) is 16.7. The van der Waals surface area contributed by atoms with Gasteiger partial charge in [-0.15, -0.1) is 0 Å². The summed E-state index contributed by atoms with van der Waals surface area (Å²) >= 11 is 6.40. The molecule has 4 nitrogen and oxygen atoms in total. The van der Waals surface area contributed by atoms with Crippen molar-refractivity contribution < 1.29 is 9.23 Å². The second-order valence-corrected chi connectivity index (χ2v) is 6.70. The maximum Gasteiger partial charge on any atom is 0.161 e. The van der Waals surface area contributed by atoms with E-state index in [1.807, 2.05) is 37.9 Å². The molecule has 26 heavy (non-hydrogen) atoms. The molecule has 6 heteroatoms. The van der Waals surface area contributed by atoms with E-state index in [-0.39, 0.29) is 5.82 Å². The lowest BCUT2D eigenvalue weighted by Gasteiger charge is -2.11. The third-order valence-electron chi connectivity index (χ3n) is 4.42. The molecule has 1 unspecified atom stereocenters. The number of rotatable bonds is 5. The van der Waals surface area contributed by atoms with Gasteiger partial charge in [0, 0.05) is 31.1 Å². The quantitative estimate of drug-likeness (QED) is 0.529. The second-order valence-electron chi connectivity index (χ2n) is 6.29. The summed E-state index contributed by atoms with van der Waals surface area (Å²) in [5.41, 5.74) is 3.88. The van der Waals surface area contributed by atoms with Crippen LogP contribution in [0.25, 0.3) is 0 Å². The van der Waals surface area contributed by atoms with Crippen LogP contribution in [-0.2, 0) is 4.84 Å². The number of oxime groups is 1. The summed E-state index contributed by atoms with van der Waals surface area (Å²) in [6, 6.07) is 10.4. The van der Waals surface area contributed by atoms with Crippen LogP contribution < -0.4 is 0 Å². The number of hydrogen-bond acceptors (Lipinski definition) is 3. The van der Waals surface area contributed by atoms with Crippen LogP contribution in [0.3, 0.4) is 0 Å². The fourth-order valence-corrected chi connectivity index (χ4v) is 2.97. The zero-order valence-corrected chi connectivity index (χ0v) is 15.8. The van der Waals surface area contributed by atoms with E-state index in [2.05, 4.69) is 10.1 Å². The maximum atomic E-state index is 14.0. The van der Waals surface area contributed by atoms with Crippen LogP contribution in [0.4, 0.5) is 10.1 Å². The minimum atomic E-state index is -0.416. The second kappa shape index (κ2) is 7.87.